The van der Waals surface area contributed by atoms with Crippen LogP contribution in [0.5, 0.6) is 0 Å². The molecule has 4 rings (SSSR count). The topological polar surface area (TPSA) is 59.7 Å². The Morgan fingerprint density at radius 3 is 2.56 bits per heavy atom. The Hall–Kier alpha value is -2.41. The average molecular weight is 340 g/mol. The fraction of sp³-hybridized carbons (Fsp3) is 0.444. The number of halogens is 1. The summed E-state index contributed by atoms with van der Waals surface area (Å²) < 4.78 is 15.2. The largest absolute Gasteiger partial charge is 0.311 e. The molecule has 7 heteroatoms. The Morgan fingerprint density at radius 2 is 1.88 bits per heavy atom. The molecular weight excluding hydrogens is 319 g/mol. The summed E-state index contributed by atoms with van der Waals surface area (Å²) >= 11 is 0. The molecule has 0 unspecified atom stereocenters. The van der Waals surface area contributed by atoms with Crippen LogP contribution in [0.4, 0.5) is 4.39 Å². The maximum absolute atomic E-state index is 13.0. The summed E-state index contributed by atoms with van der Waals surface area (Å²) in [5.74, 6) is -0.500. The van der Waals surface area contributed by atoms with Crippen molar-refractivity contribution in [3.05, 3.63) is 36.8 Å². The van der Waals surface area contributed by atoms with Gasteiger partial charge in [0.05, 0.1) is 18.2 Å². The van der Waals surface area contributed by atoms with E-state index in [-0.39, 0.29) is 0 Å². The first-order chi connectivity index (χ1) is 12.1. The minimum absolute atomic E-state index is 0.385. The monoisotopic (exact) mass is 340 g/mol. The Balaban J connectivity index is 1.64. The van der Waals surface area contributed by atoms with E-state index in [2.05, 4.69) is 38.3 Å². The highest BCUT2D eigenvalue weighted by molar-refractivity contribution is 5.70. The fourth-order valence-corrected chi connectivity index (χ4v) is 3.42. The van der Waals surface area contributed by atoms with Crippen molar-refractivity contribution in [3.8, 4) is 11.3 Å². The quantitative estimate of drug-likeness (QED) is 0.686. The first-order valence-corrected chi connectivity index (χ1v) is 8.67. The number of rotatable bonds is 3. The minimum atomic E-state index is -0.500. The first kappa shape index (κ1) is 16.1. The third-order valence-electron chi connectivity index (χ3n) is 4.93. The summed E-state index contributed by atoms with van der Waals surface area (Å²) in [4.78, 5) is 19.7. The second-order valence-electron chi connectivity index (χ2n) is 6.78. The maximum atomic E-state index is 13.0. The molecule has 25 heavy (non-hydrogen) atoms. The van der Waals surface area contributed by atoms with Crippen LogP contribution < -0.4 is 0 Å². The first-order valence-electron chi connectivity index (χ1n) is 8.67. The van der Waals surface area contributed by atoms with Crippen molar-refractivity contribution >= 4 is 11.3 Å². The Bertz CT molecular complexity index is 865. The van der Waals surface area contributed by atoms with E-state index in [1.807, 2.05) is 6.33 Å². The van der Waals surface area contributed by atoms with Crippen molar-refractivity contribution in [1.82, 2.24) is 29.4 Å². The molecule has 3 aromatic rings. The average Bonchev–Trinajstić information content (AvgIpc) is 3.05. The highest BCUT2D eigenvalue weighted by Crippen LogP contribution is 2.27. The lowest BCUT2D eigenvalue weighted by atomic mass is 10.0. The molecule has 0 spiro atoms. The van der Waals surface area contributed by atoms with E-state index < -0.39 is 5.95 Å². The third-order valence-corrected chi connectivity index (χ3v) is 4.93. The molecular formula is C18H21FN6. The van der Waals surface area contributed by atoms with Crippen LogP contribution in [0.25, 0.3) is 22.6 Å². The molecule has 0 atom stereocenters. The number of nitrogens with zero attached hydrogens (tertiary/aromatic N) is 6. The van der Waals surface area contributed by atoms with Gasteiger partial charge >= 0.3 is 0 Å². The van der Waals surface area contributed by atoms with Gasteiger partial charge in [-0.3, -0.25) is 0 Å². The normalized spacial score (nSPS) is 16.8. The number of pyridine rings is 1. The van der Waals surface area contributed by atoms with Crippen LogP contribution in [0.1, 0.15) is 32.7 Å². The van der Waals surface area contributed by atoms with Crippen LogP contribution in [0.15, 0.2) is 30.9 Å². The lowest BCUT2D eigenvalue weighted by Crippen LogP contribution is -2.39. The molecule has 0 radical (unpaired) electrons. The van der Waals surface area contributed by atoms with Gasteiger partial charge in [0.25, 0.3) is 0 Å². The molecule has 3 aromatic heterocycles. The molecule has 0 N–H and O–H groups in total. The third kappa shape index (κ3) is 3.11. The maximum Gasteiger partial charge on any atom is 0.212 e. The highest BCUT2D eigenvalue weighted by atomic mass is 19.1. The van der Waals surface area contributed by atoms with Gasteiger partial charge in [0, 0.05) is 36.9 Å². The van der Waals surface area contributed by atoms with Crippen molar-refractivity contribution < 1.29 is 4.39 Å². The predicted octanol–water partition coefficient (Wildman–Crippen LogP) is 3.07. The summed E-state index contributed by atoms with van der Waals surface area (Å²) in [5.41, 5.74) is 2.86. The van der Waals surface area contributed by atoms with E-state index in [4.69, 9.17) is 4.98 Å². The molecule has 0 aromatic carbocycles. The predicted molar refractivity (Wildman–Crippen MR) is 93.5 cm³/mol. The van der Waals surface area contributed by atoms with Crippen LogP contribution in [-0.4, -0.2) is 48.5 Å². The van der Waals surface area contributed by atoms with E-state index >= 15 is 0 Å². The van der Waals surface area contributed by atoms with Crippen LogP contribution in [-0.2, 0) is 0 Å². The van der Waals surface area contributed by atoms with Gasteiger partial charge in [-0.2, -0.15) is 4.39 Å². The second-order valence-corrected chi connectivity index (χ2v) is 6.78. The van der Waals surface area contributed by atoms with E-state index in [0.717, 1.165) is 37.1 Å². The zero-order valence-electron chi connectivity index (χ0n) is 14.4. The van der Waals surface area contributed by atoms with E-state index in [9.17, 15) is 4.39 Å². The van der Waals surface area contributed by atoms with Crippen molar-refractivity contribution in [2.75, 3.05) is 13.1 Å². The van der Waals surface area contributed by atoms with Gasteiger partial charge in [0.2, 0.25) is 5.95 Å². The summed E-state index contributed by atoms with van der Waals surface area (Å²) in [6.45, 7) is 6.64. The van der Waals surface area contributed by atoms with Crippen molar-refractivity contribution in [3.63, 3.8) is 0 Å². The van der Waals surface area contributed by atoms with Crippen LogP contribution >= 0.6 is 0 Å². The Labute approximate surface area is 145 Å². The number of aromatic nitrogens is 5. The lowest BCUT2D eigenvalue weighted by Gasteiger charge is -2.35. The minimum Gasteiger partial charge on any atom is -0.311 e. The van der Waals surface area contributed by atoms with Crippen LogP contribution in [0.2, 0.25) is 0 Å². The molecule has 1 fully saturated rings. The number of hydrogen-bond donors (Lipinski definition) is 0. The molecule has 6 nitrogen and oxygen atoms in total. The van der Waals surface area contributed by atoms with Crippen molar-refractivity contribution in [1.29, 1.82) is 0 Å². The second kappa shape index (κ2) is 6.48. The molecule has 1 saturated heterocycles. The molecule has 0 saturated carbocycles. The van der Waals surface area contributed by atoms with E-state index in [0.29, 0.717) is 23.4 Å². The standard InChI is InChI=1S/C18H21FN6/c1-12(2)24-7-5-14(6-8-24)25-11-22-17-18(25)23-15(10-21-17)13-3-4-16(19)20-9-13/h3-4,9-12,14H,5-8H2,1-2H3. The number of piperidine rings is 1. The Morgan fingerprint density at radius 1 is 1.08 bits per heavy atom. The zero-order valence-corrected chi connectivity index (χ0v) is 14.4. The van der Waals surface area contributed by atoms with Gasteiger partial charge in [-0.15, -0.1) is 0 Å². The van der Waals surface area contributed by atoms with Gasteiger partial charge in [0.15, 0.2) is 11.3 Å². The number of hydrogen-bond acceptors (Lipinski definition) is 5. The number of imidazole rings is 1. The zero-order chi connectivity index (χ0) is 17.4. The van der Waals surface area contributed by atoms with E-state index in [1.165, 1.54) is 12.3 Å². The molecule has 0 amide bonds. The van der Waals surface area contributed by atoms with Gasteiger partial charge in [-0.05, 0) is 38.8 Å². The Kier molecular flexibility index (Phi) is 4.17. The summed E-state index contributed by atoms with van der Waals surface area (Å²) in [7, 11) is 0. The molecule has 130 valence electrons. The van der Waals surface area contributed by atoms with E-state index in [1.54, 1.807) is 12.3 Å². The van der Waals surface area contributed by atoms with Gasteiger partial charge in [-0.25, -0.2) is 19.9 Å². The number of likely N-dealkylation sites (tertiary alicyclic amines) is 1. The number of fused-ring (bicyclic) bond motifs is 1. The molecule has 0 bridgehead atoms. The van der Waals surface area contributed by atoms with Crippen LogP contribution in [0.3, 0.4) is 0 Å². The SMILES string of the molecule is CC(C)N1CCC(n2cnc3ncc(-c4ccc(F)nc4)nc32)CC1. The summed E-state index contributed by atoms with van der Waals surface area (Å²) in [5, 5.41) is 0. The van der Waals surface area contributed by atoms with Gasteiger partial charge < -0.3 is 9.47 Å². The smallest absolute Gasteiger partial charge is 0.212 e. The van der Waals surface area contributed by atoms with Gasteiger partial charge in [0.1, 0.15) is 0 Å². The molecule has 1 aliphatic heterocycles. The lowest BCUT2D eigenvalue weighted by molar-refractivity contribution is 0.153. The van der Waals surface area contributed by atoms with Crippen molar-refractivity contribution in [2.24, 2.45) is 0 Å². The van der Waals surface area contributed by atoms with Crippen molar-refractivity contribution in [2.45, 2.75) is 38.8 Å². The molecule has 0 aliphatic carbocycles. The van der Waals surface area contributed by atoms with Crippen LogP contribution in [0, 0.1) is 5.95 Å². The highest BCUT2D eigenvalue weighted by Gasteiger charge is 2.24. The molecule has 1 aliphatic rings. The summed E-state index contributed by atoms with van der Waals surface area (Å²) in [6, 6.07) is 3.97. The fourth-order valence-electron chi connectivity index (χ4n) is 3.42. The molecule has 4 heterocycles. The van der Waals surface area contributed by atoms with Gasteiger partial charge in [-0.1, -0.05) is 0 Å². The summed E-state index contributed by atoms with van der Waals surface area (Å²) in [6.07, 6.45) is 7.14.